The predicted octanol–water partition coefficient (Wildman–Crippen LogP) is 4.31. The van der Waals surface area contributed by atoms with E-state index in [4.69, 9.17) is 22.9 Å². The summed E-state index contributed by atoms with van der Waals surface area (Å²) in [4.78, 5) is 7.82. The number of allylic oxidation sites excluding steroid dienone is 1. The summed E-state index contributed by atoms with van der Waals surface area (Å²) >= 11 is 5.56. The lowest BCUT2D eigenvalue weighted by Gasteiger charge is -2.39. The lowest BCUT2D eigenvalue weighted by Crippen LogP contribution is -2.49. The average Bonchev–Trinajstić information content (AvgIpc) is 3.29. The van der Waals surface area contributed by atoms with Gasteiger partial charge in [0.05, 0.1) is 0 Å². The molecule has 5 rings (SSSR count). The van der Waals surface area contributed by atoms with E-state index >= 15 is 0 Å². The molecular weight excluding hydrogens is 458 g/mol. The molecule has 2 unspecified atom stereocenters. The number of nitrogens with zero attached hydrogens (tertiary/aromatic N) is 4. The molecule has 7 nitrogen and oxygen atoms in total. The van der Waals surface area contributed by atoms with Crippen LogP contribution in [0.3, 0.4) is 0 Å². The van der Waals surface area contributed by atoms with Gasteiger partial charge in [-0.2, -0.15) is 13.8 Å². The van der Waals surface area contributed by atoms with Gasteiger partial charge in [0.1, 0.15) is 10.7 Å². The lowest BCUT2D eigenvalue weighted by molar-refractivity contribution is -0.0498. The van der Waals surface area contributed by atoms with Crippen LogP contribution in [0.4, 0.5) is 14.7 Å². The van der Waals surface area contributed by atoms with E-state index in [-0.39, 0.29) is 11.8 Å². The summed E-state index contributed by atoms with van der Waals surface area (Å²) in [6.07, 6.45) is 5.99. The molecule has 3 heterocycles. The van der Waals surface area contributed by atoms with Gasteiger partial charge in [-0.3, -0.25) is 0 Å². The molecule has 0 spiro atoms. The van der Waals surface area contributed by atoms with Crippen LogP contribution >= 0.6 is 12.2 Å². The van der Waals surface area contributed by atoms with Gasteiger partial charge in [-0.15, -0.1) is 5.10 Å². The first kappa shape index (κ1) is 22.5. The summed E-state index contributed by atoms with van der Waals surface area (Å²) in [5, 5.41) is 8.23. The monoisotopic (exact) mass is 484 g/mol. The molecule has 3 N–H and O–H groups in total. The van der Waals surface area contributed by atoms with Gasteiger partial charge in [0, 0.05) is 36.6 Å². The minimum Gasteiger partial charge on any atom is -0.435 e. The highest BCUT2D eigenvalue weighted by molar-refractivity contribution is 7.80. The Morgan fingerprint density at radius 3 is 2.56 bits per heavy atom. The van der Waals surface area contributed by atoms with Crippen molar-refractivity contribution < 1.29 is 13.5 Å². The number of hydrogen-bond donors (Lipinski definition) is 2. The van der Waals surface area contributed by atoms with Crippen LogP contribution < -0.4 is 15.8 Å². The summed E-state index contributed by atoms with van der Waals surface area (Å²) in [5.74, 6) is 1.61. The standard InChI is InChI=1S/C24H26F2N6OS/c1-14(27)11-20(34)31-12-16-4-5-17(13-31)21(16)28-24-29-22-19(3-2-10-32(22)30-24)15-6-8-18(9-7-15)33-23(25)26/h2-3,6-11,16-17,21,23H,4-5,12-13,27H2,1H3,(H,28,30)/t16-,17?,21?/m0/s1. The number of alkyl halides is 2. The van der Waals surface area contributed by atoms with E-state index in [9.17, 15) is 8.78 Å². The largest absolute Gasteiger partial charge is 0.435 e. The summed E-state index contributed by atoms with van der Waals surface area (Å²) in [6.45, 7) is 0.785. The first-order chi connectivity index (χ1) is 16.4. The molecule has 2 bridgehead atoms. The van der Waals surface area contributed by atoms with E-state index in [0.717, 1.165) is 47.7 Å². The number of nitrogens with one attached hydrogen (secondary N) is 1. The summed E-state index contributed by atoms with van der Waals surface area (Å²) in [5.41, 5.74) is 8.93. The lowest BCUT2D eigenvalue weighted by atomic mass is 9.92. The van der Waals surface area contributed by atoms with Crippen LogP contribution in [0.1, 0.15) is 19.8 Å². The molecule has 178 valence electrons. The van der Waals surface area contributed by atoms with Crippen molar-refractivity contribution in [1.29, 1.82) is 0 Å². The van der Waals surface area contributed by atoms with Crippen molar-refractivity contribution in [2.45, 2.75) is 32.4 Å². The van der Waals surface area contributed by atoms with Gasteiger partial charge in [0.25, 0.3) is 0 Å². The zero-order valence-corrected chi connectivity index (χ0v) is 19.5. The van der Waals surface area contributed by atoms with Crippen molar-refractivity contribution in [3.8, 4) is 16.9 Å². The van der Waals surface area contributed by atoms with Crippen molar-refractivity contribution in [3.63, 3.8) is 0 Å². The van der Waals surface area contributed by atoms with Crippen molar-refractivity contribution in [2.75, 3.05) is 18.4 Å². The highest BCUT2D eigenvalue weighted by atomic mass is 32.1. The van der Waals surface area contributed by atoms with E-state index in [0.29, 0.717) is 23.4 Å². The van der Waals surface area contributed by atoms with Crippen LogP contribution in [-0.2, 0) is 0 Å². The van der Waals surface area contributed by atoms with Crippen LogP contribution in [-0.4, -0.2) is 50.2 Å². The molecule has 2 aliphatic rings. The maximum absolute atomic E-state index is 12.5. The fourth-order valence-corrected chi connectivity index (χ4v) is 5.42. The zero-order valence-electron chi connectivity index (χ0n) is 18.7. The number of thiocarbonyl (C=S) groups is 1. The number of aromatic nitrogens is 3. The predicted molar refractivity (Wildman–Crippen MR) is 131 cm³/mol. The molecule has 2 fully saturated rings. The molecule has 3 atom stereocenters. The normalized spacial score (nSPS) is 22.4. The molecule has 0 radical (unpaired) electrons. The minimum absolute atomic E-state index is 0.118. The smallest absolute Gasteiger partial charge is 0.387 e. The number of piperidine rings is 1. The fraction of sp³-hybridized carbons (Fsp3) is 0.375. The third-order valence-electron chi connectivity index (χ3n) is 6.55. The molecule has 1 aromatic carbocycles. The van der Waals surface area contributed by atoms with E-state index < -0.39 is 6.61 Å². The van der Waals surface area contributed by atoms with E-state index in [1.165, 1.54) is 12.1 Å². The maximum Gasteiger partial charge on any atom is 0.387 e. The summed E-state index contributed by atoms with van der Waals surface area (Å²) < 4.78 is 31.1. The van der Waals surface area contributed by atoms with E-state index in [1.54, 1.807) is 16.6 Å². The highest BCUT2D eigenvalue weighted by Crippen LogP contribution is 2.39. The molecule has 1 aliphatic carbocycles. The van der Waals surface area contributed by atoms with Crippen LogP contribution in [0, 0.1) is 11.8 Å². The Bertz CT molecular complexity index is 1210. The Balaban J connectivity index is 1.34. The Morgan fingerprint density at radius 1 is 1.21 bits per heavy atom. The molecule has 10 heteroatoms. The number of pyridine rings is 1. The van der Waals surface area contributed by atoms with E-state index in [2.05, 4.69) is 20.1 Å². The van der Waals surface area contributed by atoms with Gasteiger partial charge in [0.15, 0.2) is 5.65 Å². The van der Waals surface area contributed by atoms with Crippen LogP contribution in [0.15, 0.2) is 54.4 Å². The first-order valence-corrected chi connectivity index (χ1v) is 11.7. The number of fused-ring (bicyclic) bond motifs is 3. The van der Waals surface area contributed by atoms with Crippen LogP contribution in [0.5, 0.6) is 5.75 Å². The topological polar surface area (TPSA) is 80.7 Å². The number of likely N-dealkylation sites (tertiary alicyclic amines) is 1. The Morgan fingerprint density at radius 2 is 1.91 bits per heavy atom. The summed E-state index contributed by atoms with van der Waals surface area (Å²) in [6, 6.07) is 10.6. The third-order valence-corrected chi connectivity index (χ3v) is 6.92. The fourth-order valence-electron chi connectivity index (χ4n) is 5.08. The second kappa shape index (κ2) is 9.17. The molecular formula is C24H26F2N6OS. The van der Waals surface area contributed by atoms with Gasteiger partial charge in [-0.05, 0) is 67.5 Å². The first-order valence-electron chi connectivity index (χ1n) is 11.3. The third kappa shape index (κ3) is 4.54. The molecule has 2 aromatic heterocycles. The Kier molecular flexibility index (Phi) is 6.07. The second-order valence-corrected chi connectivity index (χ2v) is 9.35. The molecule has 0 amide bonds. The van der Waals surface area contributed by atoms with Crippen molar-refractivity contribution in [2.24, 2.45) is 17.6 Å². The number of ether oxygens (including phenoxy) is 1. The van der Waals surface area contributed by atoms with E-state index in [1.807, 2.05) is 31.3 Å². The Hall–Kier alpha value is -3.27. The van der Waals surface area contributed by atoms with Crippen LogP contribution in [0.2, 0.25) is 0 Å². The molecule has 34 heavy (non-hydrogen) atoms. The minimum atomic E-state index is -2.85. The van der Waals surface area contributed by atoms with Gasteiger partial charge in [0.2, 0.25) is 5.95 Å². The quantitative estimate of drug-likeness (QED) is 0.399. The Labute approximate surface area is 201 Å². The van der Waals surface area contributed by atoms with Gasteiger partial charge in [-0.1, -0.05) is 24.4 Å². The number of benzene rings is 1. The number of nitrogens with two attached hydrogens (primary N) is 1. The molecule has 1 saturated heterocycles. The highest BCUT2D eigenvalue weighted by Gasteiger charge is 2.42. The molecule has 3 aromatic rings. The molecule has 1 aliphatic heterocycles. The van der Waals surface area contributed by atoms with Gasteiger partial charge >= 0.3 is 6.61 Å². The zero-order chi connectivity index (χ0) is 23.8. The summed E-state index contributed by atoms with van der Waals surface area (Å²) in [7, 11) is 0. The van der Waals surface area contributed by atoms with Gasteiger partial charge in [-0.25, -0.2) is 4.52 Å². The van der Waals surface area contributed by atoms with Crippen molar-refractivity contribution in [1.82, 2.24) is 19.5 Å². The van der Waals surface area contributed by atoms with Crippen molar-refractivity contribution >= 4 is 28.8 Å². The maximum atomic E-state index is 12.5. The number of rotatable bonds is 6. The van der Waals surface area contributed by atoms with Gasteiger partial charge < -0.3 is 20.7 Å². The van der Waals surface area contributed by atoms with Crippen molar-refractivity contribution in [3.05, 3.63) is 54.4 Å². The molecule has 1 saturated carbocycles. The second-order valence-electron chi connectivity index (χ2n) is 8.93. The number of halogens is 2. The SMILES string of the molecule is CC(N)=CC(=S)N1CC2CC[C@@H](C1)C2Nc1nc2c(-c3ccc(OC(F)F)cc3)cccn2n1. The number of anilines is 1. The van der Waals surface area contributed by atoms with Crippen LogP contribution in [0.25, 0.3) is 16.8 Å². The average molecular weight is 485 g/mol. The number of hydrogen-bond acceptors (Lipinski definition) is 6.